The highest BCUT2D eigenvalue weighted by Crippen LogP contribution is 2.12. The van der Waals surface area contributed by atoms with Gasteiger partial charge < -0.3 is 16.0 Å². The number of thiocarbonyl (C=S) groups is 1. The van der Waals surface area contributed by atoms with Crippen molar-refractivity contribution >= 4 is 28.9 Å². The molecule has 0 saturated carbocycles. The van der Waals surface area contributed by atoms with Gasteiger partial charge in [0.1, 0.15) is 5.82 Å². The lowest BCUT2D eigenvalue weighted by Crippen LogP contribution is -2.39. The van der Waals surface area contributed by atoms with Crippen LogP contribution in [-0.2, 0) is 11.3 Å². The summed E-state index contributed by atoms with van der Waals surface area (Å²) in [5, 5.41) is 8.18. The lowest BCUT2D eigenvalue weighted by atomic mass is 10.2. The Morgan fingerprint density at radius 1 is 0.958 bits per heavy atom. The van der Waals surface area contributed by atoms with Gasteiger partial charge in [0.2, 0.25) is 5.91 Å². The minimum atomic E-state index is -1.04. The number of benzene rings is 2. The fourth-order valence-corrected chi connectivity index (χ4v) is 1.93. The molecular weight excluding hydrogens is 339 g/mol. The van der Waals surface area contributed by atoms with Crippen molar-refractivity contribution in [3.05, 3.63) is 65.5 Å². The van der Waals surface area contributed by atoms with Gasteiger partial charge in [0.15, 0.2) is 16.7 Å². The predicted molar refractivity (Wildman–Crippen MR) is 88.8 cm³/mol. The van der Waals surface area contributed by atoms with Gasteiger partial charge in [0.25, 0.3) is 0 Å². The van der Waals surface area contributed by atoms with E-state index in [4.69, 9.17) is 12.2 Å². The van der Waals surface area contributed by atoms with Gasteiger partial charge in [-0.15, -0.1) is 0 Å². The van der Waals surface area contributed by atoms with Crippen LogP contribution in [0.4, 0.5) is 18.9 Å². The summed E-state index contributed by atoms with van der Waals surface area (Å²) in [6, 6.07) is 8.96. The smallest absolute Gasteiger partial charge is 0.243 e. The maximum absolute atomic E-state index is 13.0. The molecule has 2 aromatic carbocycles. The molecule has 2 aromatic rings. The second-order valence-electron chi connectivity index (χ2n) is 4.84. The van der Waals surface area contributed by atoms with Gasteiger partial charge in [0.05, 0.1) is 6.54 Å². The van der Waals surface area contributed by atoms with Crippen LogP contribution in [0.15, 0.2) is 42.5 Å². The van der Waals surface area contributed by atoms with E-state index in [0.717, 1.165) is 17.7 Å². The van der Waals surface area contributed by atoms with Gasteiger partial charge in [-0.05, 0) is 42.0 Å². The Labute approximate surface area is 142 Å². The van der Waals surface area contributed by atoms with E-state index in [-0.39, 0.29) is 23.2 Å². The summed E-state index contributed by atoms with van der Waals surface area (Å²) >= 11 is 5.01. The van der Waals surface area contributed by atoms with Crippen molar-refractivity contribution in [1.29, 1.82) is 0 Å². The Morgan fingerprint density at radius 2 is 1.67 bits per heavy atom. The number of halogens is 3. The van der Waals surface area contributed by atoms with Gasteiger partial charge in [-0.1, -0.05) is 12.1 Å². The molecule has 126 valence electrons. The molecule has 24 heavy (non-hydrogen) atoms. The van der Waals surface area contributed by atoms with Crippen molar-refractivity contribution in [3.8, 4) is 0 Å². The SMILES string of the molecule is O=C(CNC(=S)NCc1ccc(F)cc1)Nc1ccc(F)c(F)c1. The van der Waals surface area contributed by atoms with E-state index in [0.29, 0.717) is 6.54 Å². The quantitative estimate of drug-likeness (QED) is 0.724. The maximum atomic E-state index is 13.0. The molecular formula is C16H14F3N3OS. The highest BCUT2D eigenvalue weighted by molar-refractivity contribution is 7.80. The first kappa shape index (κ1) is 17.7. The van der Waals surface area contributed by atoms with E-state index in [2.05, 4.69) is 16.0 Å². The van der Waals surface area contributed by atoms with Crippen molar-refractivity contribution in [1.82, 2.24) is 10.6 Å². The van der Waals surface area contributed by atoms with Crippen molar-refractivity contribution in [2.75, 3.05) is 11.9 Å². The van der Waals surface area contributed by atoms with E-state index >= 15 is 0 Å². The summed E-state index contributed by atoms with van der Waals surface area (Å²) in [7, 11) is 0. The summed E-state index contributed by atoms with van der Waals surface area (Å²) in [5.41, 5.74) is 0.970. The third kappa shape index (κ3) is 5.54. The summed E-state index contributed by atoms with van der Waals surface area (Å²) in [5.74, 6) is -2.82. The van der Waals surface area contributed by atoms with Crippen LogP contribution in [0.5, 0.6) is 0 Å². The number of carbonyl (C=O) groups is 1. The third-order valence-corrected chi connectivity index (χ3v) is 3.27. The number of rotatable bonds is 5. The van der Waals surface area contributed by atoms with Crippen LogP contribution < -0.4 is 16.0 Å². The molecule has 0 aliphatic carbocycles. The predicted octanol–water partition coefficient (Wildman–Crippen LogP) is 2.71. The number of carbonyl (C=O) groups excluding carboxylic acids is 1. The van der Waals surface area contributed by atoms with Crippen molar-refractivity contribution in [2.45, 2.75) is 6.54 Å². The minimum Gasteiger partial charge on any atom is -0.359 e. The maximum Gasteiger partial charge on any atom is 0.243 e. The van der Waals surface area contributed by atoms with Gasteiger partial charge >= 0.3 is 0 Å². The largest absolute Gasteiger partial charge is 0.359 e. The van der Waals surface area contributed by atoms with E-state index in [1.54, 1.807) is 12.1 Å². The average Bonchev–Trinajstić information content (AvgIpc) is 2.56. The van der Waals surface area contributed by atoms with Crippen LogP contribution in [0.1, 0.15) is 5.56 Å². The van der Waals surface area contributed by atoms with E-state index in [1.165, 1.54) is 18.2 Å². The van der Waals surface area contributed by atoms with E-state index < -0.39 is 17.5 Å². The van der Waals surface area contributed by atoms with Gasteiger partial charge in [-0.2, -0.15) is 0 Å². The standard InChI is InChI=1S/C16H14F3N3OS/c17-11-3-1-10(2-4-11)8-20-16(24)21-9-15(23)22-12-5-6-13(18)14(19)7-12/h1-7H,8-9H2,(H,22,23)(H2,20,21,24). The molecule has 0 fully saturated rings. The van der Waals surface area contributed by atoms with Crippen molar-refractivity contribution in [2.24, 2.45) is 0 Å². The third-order valence-electron chi connectivity index (χ3n) is 2.98. The summed E-state index contributed by atoms with van der Waals surface area (Å²) < 4.78 is 38.6. The summed E-state index contributed by atoms with van der Waals surface area (Å²) in [4.78, 5) is 11.7. The highest BCUT2D eigenvalue weighted by atomic mass is 32.1. The van der Waals surface area contributed by atoms with Crippen LogP contribution >= 0.6 is 12.2 Å². The van der Waals surface area contributed by atoms with Crippen LogP contribution in [0.3, 0.4) is 0 Å². The minimum absolute atomic E-state index is 0.144. The zero-order chi connectivity index (χ0) is 17.5. The molecule has 4 nitrogen and oxygen atoms in total. The molecule has 3 N–H and O–H groups in total. The van der Waals surface area contributed by atoms with Gasteiger partial charge in [-0.25, -0.2) is 13.2 Å². The lowest BCUT2D eigenvalue weighted by molar-refractivity contribution is -0.115. The first-order chi connectivity index (χ1) is 11.4. The molecule has 0 unspecified atom stereocenters. The molecule has 0 radical (unpaired) electrons. The van der Waals surface area contributed by atoms with Crippen LogP contribution in [0.2, 0.25) is 0 Å². The van der Waals surface area contributed by atoms with Gasteiger partial charge in [0, 0.05) is 18.3 Å². The molecule has 0 atom stereocenters. The molecule has 0 aliphatic heterocycles. The highest BCUT2D eigenvalue weighted by Gasteiger charge is 2.07. The second kappa shape index (κ2) is 8.30. The zero-order valence-corrected chi connectivity index (χ0v) is 13.2. The Hall–Kier alpha value is -2.61. The molecule has 0 bridgehead atoms. The Bertz CT molecular complexity index is 738. The number of hydrogen-bond donors (Lipinski definition) is 3. The number of hydrogen-bond acceptors (Lipinski definition) is 2. The normalized spacial score (nSPS) is 10.1. The molecule has 1 amide bonds. The first-order valence-corrected chi connectivity index (χ1v) is 7.36. The topological polar surface area (TPSA) is 53.2 Å². The molecule has 0 heterocycles. The fourth-order valence-electron chi connectivity index (χ4n) is 1.79. The average molecular weight is 353 g/mol. The number of amides is 1. The molecule has 2 rings (SSSR count). The van der Waals surface area contributed by atoms with Crippen molar-refractivity contribution < 1.29 is 18.0 Å². The number of anilines is 1. The van der Waals surface area contributed by atoms with E-state index in [1.807, 2.05) is 0 Å². The Balaban J connectivity index is 1.73. The summed E-state index contributed by atoms with van der Waals surface area (Å²) in [6.07, 6.45) is 0. The molecule has 8 heteroatoms. The second-order valence-corrected chi connectivity index (χ2v) is 5.25. The molecule has 0 spiro atoms. The van der Waals surface area contributed by atoms with Crippen LogP contribution in [-0.4, -0.2) is 17.6 Å². The summed E-state index contributed by atoms with van der Waals surface area (Å²) in [6.45, 7) is 0.227. The molecule has 0 aromatic heterocycles. The Kier molecular flexibility index (Phi) is 6.14. The zero-order valence-electron chi connectivity index (χ0n) is 12.4. The van der Waals surface area contributed by atoms with Gasteiger partial charge in [-0.3, -0.25) is 4.79 Å². The van der Waals surface area contributed by atoms with E-state index in [9.17, 15) is 18.0 Å². The van der Waals surface area contributed by atoms with Crippen molar-refractivity contribution in [3.63, 3.8) is 0 Å². The molecule has 0 saturated heterocycles. The number of nitrogens with one attached hydrogen (secondary N) is 3. The lowest BCUT2D eigenvalue weighted by Gasteiger charge is -2.11. The van der Waals surface area contributed by atoms with Crippen LogP contribution in [0, 0.1) is 17.5 Å². The fraction of sp³-hybridized carbons (Fsp3) is 0.125. The molecule has 0 aliphatic rings. The Morgan fingerprint density at radius 3 is 2.33 bits per heavy atom. The first-order valence-electron chi connectivity index (χ1n) is 6.95. The monoisotopic (exact) mass is 353 g/mol. The van der Waals surface area contributed by atoms with Crippen LogP contribution in [0.25, 0.3) is 0 Å².